The van der Waals surface area contributed by atoms with Crippen LogP contribution in [0.5, 0.6) is 5.75 Å². The van der Waals surface area contributed by atoms with Crippen LogP contribution in [-0.2, 0) is 20.9 Å². The molecule has 4 rings (SSSR count). The largest absolute Gasteiger partial charge is 0.486 e. The maximum Gasteiger partial charge on any atom is 0.326 e. The quantitative estimate of drug-likeness (QED) is 0.347. The first-order valence-electron chi connectivity index (χ1n) is 12.7. The van der Waals surface area contributed by atoms with Crippen LogP contribution in [0.1, 0.15) is 86.7 Å². The van der Waals surface area contributed by atoms with Gasteiger partial charge in [0.15, 0.2) is 5.78 Å². The normalized spacial score (nSPS) is 20.7. The number of ether oxygens (including phenoxy) is 1. The summed E-state index contributed by atoms with van der Waals surface area (Å²) in [6.45, 7) is 5.43. The van der Waals surface area contributed by atoms with Gasteiger partial charge in [0.1, 0.15) is 29.6 Å². The van der Waals surface area contributed by atoms with Gasteiger partial charge in [0, 0.05) is 29.9 Å². The minimum atomic E-state index is -1.29. The molecule has 1 aromatic heterocycles. The van der Waals surface area contributed by atoms with Crippen molar-refractivity contribution >= 4 is 34.6 Å². The first-order valence-corrected chi connectivity index (χ1v) is 12.7. The second-order valence-corrected chi connectivity index (χ2v) is 10.5. The zero-order valence-corrected chi connectivity index (χ0v) is 21.8. The number of carboxylic acid groups (broad SMARTS) is 2. The van der Waals surface area contributed by atoms with Crippen molar-refractivity contribution in [3.8, 4) is 5.75 Å². The lowest BCUT2D eigenvalue weighted by atomic mass is 9.75. The van der Waals surface area contributed by atoms with Crippen LogP contribution in [0.15, 0.2) is 28.4 Å². The first kappa shape index (κ1) is 27.4. The zero-order chi connectivity index (χ0) is 27.8. The van der Waals surface area contributed by atoms with Crippen LogP contribution in [-0.4, -0.2) is 62.1 Å². The molecule has 0 radical (unpaired) electrons. The topological polar surface area (TPSA) is 155 Å². The van der Waals surface area contributed by atoms with E-state index in [4.69, 9.17) is 14.3 Å². The number of aliphatic hydroxyl groups is 1. The number of nitrogens with zero attached hydrogens (tertiary/aromatic N) is 1. The van der Waals surface area contributed by atoms with Crippen LogP contribution in [0.3, 0.4) is 0 Å². The molecule has 3 atom stereocenters. The van der Waals surface area contributed by atoms with Gasteiger partial charge >= 0.3 is 11.9 Å². The Balaban J connectivity index is 1.75. The van der Waals surface area contributed by atoms with Crippen LogP contribution in [0.4, 0.5) is 0 Å². The molecule has 2 aliphatic rings. The third-order valence-electron chi connectivity index (χ3n) is 7.59. The number of aliphatic carboxylic acids is 2. The molecule has 0 bridgehead atoms. The van der Waals surface area contributed by atoms with Gasteiger partial charge in [0.05, 0.1) is 23.8 Å². The predicted molar refractivity (Wildman–Crippen MR) is 136 cm³/mol. The number of Topliss-reactive ketones (excluding diaryl/α,β-unsaturated/α-hetero) is 1. The lowest BCUT2D eigenvalue weighted by Crippen LogP contribution is -2.42. The summed E-state index contributed by atoms with van der Waals surface area (Å²) in [6, 6.07) is 0.334. The van der Waals surface area contributed by atoms with Crippen LogP contribution in [0.2, 0.25) is 0 Å². The molecule has 0 saturated heterocycles. The molecule has 0 saturated carbocycles. The van der Waals surface area contributed by atoms with E-state index in [1.165, 1.54) is 10.5 Å². The van der Waals surface area contributed by atoms with Crippen LogP contribution < -0.4 is 4.74 Å². The number of amides is 1. The van der Waals surface area contributed by atoms with Gasteiger partial charge in [-0.25, -0.2) is 4.79 Å². The van der Waals surface area contributed by atoms with E-state index < -0.39 is 36.1 Å². The predicted octanol–water partition coefficient (Wildman–Crippen LogP) is 4.03. The number of hydrogen-bond acceptors (Lipinski definition) is 7. The highest BCUT2D eigenvalue weighted by molar-refractivity contribution is 6.07. The molecule has 3 N–H and O–H groups in total. The van der Waals surface area contributed by atoms with E-state index in [9.17, 15) is 29.4 Å². The molecule has 1 aromatic carbocycles. The average molecular weight is 528 g/mol. The molecule has 10 nitrogen and oxygen atoms in total. The molecule has 204 valence electrons. The number of allylic oxidation sites excluding steroid dienone is 2. The summed E-state index contributed by atoms with van der Waals surface area (Å²) in [5.74, 6) is -2.95. The van der Waals surface area contributed by atoms with Crippen molar-refractivity contribution in [2.24, 2.45) is 0 Å². The third-order valence-corrected chi connectivity index (χ3v) is 7.59. The highest BCUT2D eigenvalue weighted by atomic mass is 16.5. The minimum Gasteiger partial charge on any atom is -0.486 e. The smallest absolute Gasteiger partial charge is 0.326 e. The average Bonchev–Trinajstić information content (AvgIpc) is 3.41. The fourth-order valence-corrected chi connectivity index (χ4v) is 5.64. The molecule has 10 heteroatoms. The van der Waals surface area contributed by atoms with E-state index in [-0.39, 0.29) is 43.1 Å². The van der Waals surface area contributed by atoms with Crippen molar-refractivity contribution in [1.82, 2.24) is 4.90 Å². The van der Waals surface area contributed by atoms with Gasteiger partial charge in [-0.05, 0) is 52.5 Å². The summed E-state index contributed by atoms with van der Waals surface area (Å²) in [6.07, 6.45) is 5.11. The Morgan fingerprint density at radius 1 is 1.24 bits per heavy atom. The molecular weight excluding hydrogens is 494 g/mol. The van der Waals surface area contributed by atoms with Crippen molar-refractivity contribution in [2.75, 3.05) is 6.61 Å². The molecule has 3 heterocycles. The van der Waals surface area contributed by atoms with Gasteiger partial charge in [-0.1, -0.05) is 11.6 Å². The molecular formula is C28H33NO9. The van der Waals surface area contributed by atoms with Gasteiger partial charge in [-0.15, -0.1) is 0 Å². The third kappa shape index (κ3) is 5.05. The molecule has 0 fully saturated rings. The summed E-state index contributed by atoms with van der Waals surface area (Å²) in [5, 5.41) is 28.7. The molecule has 3 unspecified atom stereocenters. The zero-order valence-electron chi connectivity index (χ0n) is 21.8. The Hall–Kier alpha value is -3.66. The summed E-state index contributed by atoms with van der Waals surface area (Å²) in [5.41, 5.74) is 2.52. The van der Waals surface area contributed by atoms with Crippen LogP contribution >= 0.6 is 0 Å². The second-order valence-electron chi connectivity index (χ2n) is 10.5. The number of fused-ring (bicyclic) bond motifs is 2. The fraction of sp³-hybridized carbons (Fsp3) is 0.500. The van der Waals surface area contributed by atoms with E-state index in [1.54, 1.807) is 12.3 Å². The summed E-state index contributed by atoms with van der Waals surface area (Å²) < 4.78 is 12.6. The summed E-state index contributed by atoms with van der Waals surface area (Å²) >= 11 is 0. The SMILES string of the molecule is CC(C)=CCCC1(C)Oc2cc3c(c4occ(c24)C1CCC(=O)CO)CN(C(CCC(=O)O)C(=O)O)C3=O. The highest BCUT2D eigenvalue weighted by Crippen LogP contribution is 2.52. The van der Waals surface area contributed by atoms with Crippen molar-refractivity contribution in [2.45, 2.75) is 83.4 Å². The van der Waals surface area contributed by atoms with Crippen molar-refractivity contribution in [1.29, 1.82) is 0 Å². The van der Waals surface area contributed by atoms with Crippen molar-refractivity contribution in [3.05, 3.63) is 40.7 Å². The fourth-order valence-electron chi connectivity index (χ4n) is 5.64. The number of ketones is 1. The van der Waals surface area contributed by atoms with E-state index in [2.05, 4.69) is 6.08 Å². The van der Waals surface area contributed by atoms with Crippen molar-refractivity contribution < 1.29 is 43.7 Å². The van der Waals surface area contributed by atoms with Gasteiger partial charge in [0.2, 0.25) is 0 Å². The Morgan fingerprint density at radius 2 is 1.97 bits per heavy atom. The van der Waals surface area contributed by atoms with Gasteiger partial charge in [-0.3, -0.25) is 14.4 Å². The Morgan fingerprint density at radius 3 is 2.61 bits per heavy atom. The molecule has 0 spiro atoms. The van der Waals surface area contributed by atoms with E-state index in [0.29, 0.717) is 35.1 Å². The van der Waals surface area contributed by atoms with Gasteiger partial charge in [-0.2, -0.15) is 0 Å². The number of furan rings is 1. The van der Waals surface area contributed by atoms with E-state index >= 15 is 0 Å². The lowest BCUT2D eigenvalue weighted by Gasteiger charge is -2.41. The first-order chi connectivity index (χ1) is 18.0. The van der Waals surface area contributed by atoms with Crippen LogP contribution in [0.25, 0.3) is 11.0 Å². The molecule has 38 heavy (non-hydrogen) atoms. The van der Waals surface area contributed by atoms with E-state index in [0.717, 1.165) is 12.0 Å². The van der Waals surface area contributed by atoms with Gasteiger partial charge < -0.3 is 29.4 Å². The Kier molecular flexibility index (Phi) is 7.64. The number of rotatable bonds is 12. The number of carbonyl (C=O) groups is 4. The number of benzene rings is 1. The van der Waals surface area contributed by atoms with E-state index in [1.807, 2.05) is 20.8 Å². The maximum atomic E-state index is 13.4. The number of hydrogen-bond donors (Lipinski definition) is 3. The molecule has 2 aliphatic heterocycles. The number of carboxylic acids is 2. The molecule has 0 aliphatic carbocycles. The summed E-state index contributed by atoms with van der Waals surface area (Å²) in [7, 11) is 0. The molecule has 1 amide bonds. The second kappa shape index (κ2) is 10.6. The minimum absolute atomic E-state index is 0.0278. The number of carbonyl (C=O) groups excluding carboxylic acids is 2. The maximum absolute atomic E-state index is 13.4. The Labute approximate surface area is 219 Å². The lowest BCUT2D eigenvalue weighted by molar-refractivity contribution is -0.143. The van der Waals surface area contributed by atoms with Crippen LogP contribution in [0, 0.1) is 0 Å². The van der Waals surface area contributed by atoms with Gasteiger partial charge in [0.25, 0.3) is 5.91 Å². The Bertz CT molecular complexity index is 1320. The highest BCUT2D eigenvalue weighted by Gasteiger charge is 2.46. The van der Waals surface area contributed by atoms with Crippen molar-refractivity contribution in [3.63, 3.8) is 0 Å². The monoisotopic (exact) mass is 527 g/mol. The summed E-state index contributed by atoms with van der Waals surface area (Å²) in [4.78, 5) is 49.5. The standard InChI is InChI=1S/C28H33NO9/c1-15(2)5-4-10-28(3)20(7-6-16(31)13-30)19-14-37-25-18-12-29(21(27(35)36)8-9-23(32)33)26(34)17(18)11-22(38-28)24(19)25/h5,11,14,20-21,30H,4,6-10,12-13H2,1-3H3,(H,32,33)(H,35,36). The molecule has 2 aromatic rings. The number of aliphatic hydroxyl groups excluding tert-OH is 1.